The summed E-state index contributed by atoms with van der Waals surface area (Å²) in [7, 11) is 1.99. The van der Waals surface area contributed by atoms with Crippen LogP contribution in [0, 0.1) is 12.8 Å². The fourth-order valence-corrected chi connectivity index (χ4v) is 2.28. The van der Waals surface area contributed by atoms with E-state index in [-0.39, 0.29) is 0 Å². The SMILES string of the molecule is CNC(Cn1ncc(Cl)c1C)C1CCOC1. The normalized spacial score (nSPS) is 22.6. The van der Waals surface area contributed by atoms with Gasteiger partial charge in [0.05, 0.1) is 30.1 Å². The Morgan fingerprint density at radius 3 is 3.06 bits per heavy atom. The van der Waals surface area contributed by atoms with Gasteiger partial charge in [-0.15, -0.1) is 0 Å². The summed E-state index contributed by atoms with van der Waals surface area (Å²) in [5.41, 5.74) is 1.03. The summed E-state index contributed by atoms with van der Waals surface area (Å²) in [5, 5.41) is 8.36. The van der Waals surface area contributed by atoms with Crippen LogP contribution in [-0.4, -0.2) is 36.1 Å². The number of nitrogens with zero attached hydrogens (tertiary/aromatic N) is 2. The molecule has 2 unspecified atom stereocenters. The molecule has 1 N–H and O–H groups in total. The third-order valence-corrected chi connectivity index (χ3v) is 3.69. The van der Waals surface area contributed by atoms with E-state index in [1.165, 1.54) is 0 Å². The molecule has 90 valence electrons. The lowest BCUT2D eigenvalue weighted by Crippen LogP contribution is -2.38. The Bertz CT molecular complexity index is 347. The highest BCUT2D eigenvalue weighted by Crippen LogP contribution is 2.20. The average Bonchev–Trinajstić information content (AvgIpc) is 2.90. The van der Waals surface area contributed by atoms with Crippen molar-refractivity contribution in [3.8, 4) is 0 Å². The van der Waals surface area contributed by atoms with Crippen LogP contribution in [0.2, 0.25) is 5.02 Å². The number of nitrogens with one attached hydrogen (secondary N) is 1. The molecule has 1 aliphatic rings. The third kappa shape index (κ3) is 2.39. The highest BCUT2D eigenvalue weighted by Gasteiger charge is 2.25. The van der Waals surface area contributed by atoms with Crippen molar-refractivity contribution in [1.82, 2.24) is 15.1 Å². The zero-order valence-electron chi connectivity index (χ0n) is 9.74. The van der Waals surface area contributed by atoms with E-state index in [0.29, 0.717) is 12.0 Å². The van der Waals surface area contributed by atoms with E-state index in [1.807, 2.05) is 18.7 Å². The Hall–Kier alpha value is -0.580. The summed E-state index contributed by atoms with van der Waals surface area (Å²) in [6.07, 6.45) is 2.83. The average molecular weight is 244 g/mol. The monoisotopic (exact) mass is 243 g/mol. The first-order valence-corrected chi connectivity index (χ1v) is 6.03. The number of hydrogen-bond acceptors (Lipinski definition) is 3. The van der Waals surface area contributed by atoms with Gasteiger partial charge in [0.15, 0.2) is 0 Å². The largest absolute Gasteiger partial charge is 0.381 e. The van der Waals surface area contributed by atoms with Crippen molar-refractivity contribution in [3.05, 3.63) is 16.9 Å². The molecule has 0 aliphatic carbocycles. The van der Waals surface area contributed by atoms with E-state index >= 15 is 0 Å². The fourth-order valence-electron chi connectivity index (χ4n) is 2.14. The maximum absolute atomic E-state index is 5.99. The molecule has 1 fully saturated rings. The summed E-state index contributed by atoms with van der Waals surface area (Å²) < 4.78 is 7.38. The first-order valence-electron chi connectivity index (χ1n) is 5.65. The second kappa shape index (κ2) is 5.17. The van der Waals surface area contributed by atoms with Crippen molar-refractivity contribution in [3.63, 3.8) is 0 Å². The van der Waals surface area contributed by atoms with Gasteiger partial charge in [-0.25, -0.2) is 0 Å². The van der Waals surface area contributed by atoms with Crippen LogP contribution in [0.5, 0.6) is 0 Å². The molecule has 0 amide bonds. The van der Waals surface area contributed by atoms with Gasteiger partial charge >= 0.3 is 0 Å². The van der Waals surface area contributed by atoms with Crippen LogP contribution in [0.3, 0.4) is 0 Å². The van der Waals surface area contributed by atoms with Gasteiger partial charge in [-0.1, -0.05) is 11.6 Å². The highest BCUT2D eigenvalue weighted by atomic mass is 35.5. The van der Waals surface area contributed by atoms with Crippen LogP contribution in [0.15, 0.2) is 6.20 Å². The molecule has 1 saturated heterocycles. The van der Waals surface area contributed by atoms with E-state index in [0.717, 1.165) is 36.9 Å². The highest BCUT2D eigenvalue weighted by molar-refractivity contribution is 6.31. The summed E-state index contributed by atoms with van der Waals surface area (Å²) in [6, 6.07) is 0.400. The van der Waals surface area contributed by atoms with Gasteiger partial charge in [0.1, 0.15) is 0 Å². The summed E-state index contributed by atoms with van der Waals surface area (Å²) in [6.45, 7) is 4.57. The first-order chi connectivity index (χ1) is 7.72. The molecule has 5 heteroatoms. The second-order valence-electron chi connectivity index (χ2n) is 4.28. The first kappa shape index (κ1) is 11.9. The zero-order valence-corrected chi connectivity index (χ0v) is 10.5. The third-order valence-electron chi connectivity index (χ3n) is 3.32. The number of likely N-dealkylation sites (N-methyl/N-ethyl adjacent to an activating group) is 1. The maximum atomic E-state index is 5.99. The van der Waals surface area contributed by atoms with Crippen LogP contribution in [0.25, 0.3) is 0 Å². The topological polar surface area (TPSA) is 39.1 Å². The summed E-state index contributed by atoms with van der Waals surface area (Å²) in [4.78, 5) is 0. The lowest BCUT2D eigenvalue weighted by atomic mass is 9.99. The fraction of sp³-hybridized carbons (Fsp3) is 0.727. The number of aromatic nitrogens is 2. The summed E-state index contributed by atoms with van der Waals surface area (Å²) in [5.74, 6) is 0.576. The number of rotatable bonds is 4. The van der Waals surface area contributed by atoms with Crippen molar-refractivity contribution in [2.24, 2.45) is 5.92 Å². The molecule has 2 heterocycles. The predicted molar refractivity (Wildman–Crippen MR) is 63.7 cm³/mol. The van der Waals surface area contributed by atoms with Crippen molar-refractivity contribution in [2.75, 3.05) is 20.3 Å². The maximum Gasteiger partial charge on any atom is 0.0814 e. The molecule has 0 bridgehead atoms. The van der Waals surface area contributed by atoms with Crippen LogP contribution < -0.4 is 5.32 Å². The molecule has 2 atom stereocenters. The Morgan fingerprint density at radius 2 is 2.56 bits per heavy atom. The van der Waals surface area contributed by atoms with E-state index in [9.17, 15) is 0 Å². The molecule has 2 rings (SSSR count). The quantitative estimate of drug-likeness (QED) is 0.871. The summed E-state index contributed by atoms with van der Waals surface area (Å²) >= 11 is 5.99. The Balaban J connectivity index is 2.03. The molecular formula is C11H18ClN3O. The van der Waals surface area contributed by atoms with Crippen LogP contribution >= 0.6 is 11.6 Å². The molecule has 0 radical (unpaired) electrons. The van der Waals surface area contributed by atoms with Gasteiger partial charge in [-0.05, 0) is 20.4 Å². The van der Waals surface area contributed by atoms with Crippen molar-refractivity contribution >= 4 is 11.6 Å². The van der Waals surface area contributed by atoms with Gasteiger partial charge in [0.25, 0.3) is 0 Å². The van der Waals surface area contributed by atoms with Crippen molar-refractivity contribution < 1.29 is 4.74 Å². The minimum Gasteiger partial charge on any atom is -0.381 e. The van der Waals surface area contributed by atoms with Crippen molar-refractivity contribution in [2.45, 2.75) is 25.9 Å². The van der Waals surface area contributed by atoms with E-state index in [1.54, 1.807) is 6.20 Å². The van der Waals surface area contributed by atoms with Crippen LogP contribution in [0.1, 0.15) is 12.1 Å². The smallest absolute Gasteiger partial charge is 0.0814 e. The Labute approximate surface area is 101 Å². The minimum atomic E-state index is 0.400. The lowest BCUT2D eigenvalue weighted by Gasteiger charge is -2.22. The molecule has 0 spiro atoms. The van der Waals surface area contributed by atoms with Gasteiger partial charge in [-0.3, -0.25) is 4.68 Å². The Morgan fingerprint density at radius 1 is 1.75 bits per heavy atom. The van der Waals surface area contributed by atoms with Crippen LogP contribution in [0.4, 0.5) is 0 Å². The molecule has 1 aromatic heterocycles. The lowest BCUT2D eigenvalue weighted by molar-refractivity contribution is 0.174. The van der Waals surface area contributed by atoms with Crippen molar-refractivity contribution in [1.29, 1.82) is 0 Å². The molecule has 16 heavy (non-hydrogen) atoms. The minimum absolute atomic E-state index is 0.400. The Kier molecular flexibility index (Phi) is 3.84. The van der Waals surface area contributed by atoms with E-state index in [2.05, 4.69) is 10.4 Å². The molecular weight excluding hydrogens is 226 g/mol. The van der Waals surface area contributed by atoms with E-state index < -0.39 is 0 Å². The standard InChI is InChI=1S/C11H18ClN3O/c1-8-10(12)5-14-15(8)6-11(13-2)9-3-4-16-7-9/h5,9,11,13H,3-4,6-7H2,1-2H3. The predicted octanol–water partition coefficient (Wildman–Crippen LogP) is 1.47. The molecule has 4 nitrogen and oxygen atoms in total. The molecule has 0 saturated carbocycles. The molecule has 1 aliphatic heterocycles. The number of halogens is 1. The van der Waals surface area contributed by atoms with Gasteiger partial charge in [0.2, 0.25) is 0 Å². The number of ether oxygens (including phenoxy) is 1. The molecule has 1 aromatic rings. The van der Waals surface area contributed by atoms with Gasteiger partial charge < -0.3 is 10.1 Å². The molecule has 0 aromatic carbocycles. The van der Waals surface area contributed by atoms with Crippen LogP contribution in [-0.2, 0) is 11.3 Å². The van der Waals surface area contributed by atoms with Gasteiger partial charge in [0, 0.05) is 18.6 Å². The second-order valence-corrected chi connectivity index (χ2v) is 4.69. The van der Waals surface area contributed by atoms with E-state index in [4.69, 9.17) is 16.3 Å². The van der Waals surface area contributed by atoms with Gasteiger partial charge in [-0.2, -0.15) is 5.10 Å². The number of hydrogen-bond donors (Lipinski definition) is 1. The zero-order chi connectivity index (χ0) is 11.5.